The van der Waals surface area contributed by atoms with Gasteiger partial charge in [-0.2, -0.15) is 0 Å². The second-order valence-electron chi connectivity index (χ2n) is 9.41. The summed E-state index contributed by atoms with van der Waals surface area (Å²) in [7, 11) is 1.61. The second kappa shape index (κ2) is 12.9. The minimum absolute atomic E-state index is 0.0133. The molecule has 4 rings (SSSR count). The number of hydrogen-bond donors (Lipinski definition) is 0. The Hall–Kier alpha value is -4.07. The molecule has 0 saturated carbocycles. The summed E-state index contributed by atoms with van der Waals surface area (Å²) >= 11 is 0. The average Bonchev–Trinajstić information content (AvgIpc) is 2.94. The predicted octanol–water partition coefficient (Wildman–Crippen LogP) is 6.25. The number of nitro benzene ring substituents is 1. The van der Waals surface area contributed by atoms with Crippen LogP contribution in [-0.4, -0.2) is 31.2 Å². The van der Waals surface area contributed by atoms with Gasteiger partial charge in [-0.05, 0) is 54.2 Å². The number of ether oxygens (including phenoxy) is 4. The zero-order valence-electron chi connectivity index (χ0n) is 21.8. The van der Waals surface area contributed by atoms with E-state index in [0.29, 0.717) is 36.5 Å². The van der Waals surface area contributed by atoms with Gasteiger partial charge in [0.25, 0.3) is 0 Å². The molecule has 2 unspecified atom stereocenters. The van der Waals surface area contributed by atoms with Crippen LogP contribution in [0, 0.1) is 16.0 Å². The summed E-state index contributed by atoms with van der Waals surface area (Å²) in [5.74, 6) is 0.808. The van der Waals surface area contributed by atoms with Gasteiger partial charge in [0.2, 0.25) is 0 Å². The number of cyclic esters (lactones) is 1. The number of carbonyl (C=O) groups is 1. The minimum Gasteiger partial charge on any atom is -0.493 e. The van der Waals surface area contributed by atoms with Crippen molar-refractivity contribution in [3.63, 3.8) is 0 Å². The van der Waals surface area contributed by atoms with Crippen molar-refractivity contribution in [1.82, 2.24) is 0 Å². The molecule has 200 valence electrons. The van der Waals surface area contributed by atoms with E-state index < -0.39 is 10.8 Å². The van der Waals surface area contributed by atoms with E-state index in [1.165, 1.54) is 6.07 Å². The third-order valence-corrected chi connectivity index (χ3v) is 6.68. The largest absolute Gasteiger partial charge is 0.493 e. The van der Waals surface area contributed by atoms with Crippen molar-refractivity contribution in [2.75, 3.05) is 20.3 Å². The first-order valence-electron chi connectivity index (χ1n) is 12.9. The van der Waals surface area contributed by atoms with Gasteiger partial charge in [-0.3, -0.25) is 14.9 Å². The van der Waals surface area contributed by atoms with E-state index in [1.54, 1.807) is 19.2 Å². The number of hydrogen-bond acceptors (Lipinski definition) is 7. The highest BCUT2D eigenvalue weighted by Gasteiger charge is 2.32. The van der Waals surface area contributed by atoms with Gasteiger partial charge in [-0.25, -0.2) is 0 Å². The molecule has 3 aromatic rings. The quantitative estimate of drug-likeness (QED) is 0.121. The lowest BCUT2D eigenvalue weighted by Crippen LogP contribution is -2.31. The highest BCUT2D eigenvalue weighted by Crippen LogP contribution is 2.37. The van der Waals surface area contributed by atoms with Crippen molar-refractivity contribution in [3.05, 3.63) is 93.5 Å². The second-order valence-corrected chi connectivity index (χ2v) is 9.41. The standard InChI is InChI=1S/C30H33NO7/c1-3-4-14-36-29-18-23(11-13-28(29)35-2)25-17-24(30(32)38-20-25)15-22-10-12-27(26(16-22)31(33)34)37-19-21-8-6-5-7-9-21/h5-13,16,18,24-25H,3-4,14-15,17,19-20H2,1-2H3. The van der Waals surface area contributed by atoms with E-state index in [2.05, 4.69) is 6.92 Å². The van der Waals surface area contributed by atoms with Crippen LogP contribution in [0.5, 0.6) is 17.2 Å². The molecule has 0 N–H and O–H groups in total. The topological polar surface area (TPSA) is 97.1 Å². The van der Waals surface area contributed by atoms with Crippen LogP contribution in [0.3, 0.4) is 0 Å². The van der Waals surface area contributed by atoms with Crippen molar-refractivity contribution < 1.29 is 28.7 Å². The van der Waals surface area contributed by atoms with Crippen molar-refractivity contribution in [2.45, 2.75) is 45.1 Å². The Kier molecular flexibility index (Phi) is 9.19. The number of esters is 1. The molecule has 0 amide bonds. The zero-order valence-corrected chi connectivity index (χ0v) is 21.8. The fraction of sp³-hybridized carbons (Fsp3) is 0.367. The third-order valence-electron chi connectivity index (χ3n) is 6.68. The number of unbranched alkanes of at least 4 members (excludes halogenated alkanes) is 1. The van der Waals surface area contributed by atoms with Gasteiger partial charge in [0.1, 0.15) is 6.61 Å². The fourth-order valence-electron chi connectivity index (χ4n) is 4.57. The summed E-state index contributed by atoms with van der Waals surface area (Å²) in [5.41, 5.74) is 2.48. The zero-order chi connectivity index (χ0) is 26.9. The Morgan fingerprint density at radius 1 is 0.974 bits per heavy atom. The molecule has 1 saturated heterocycles. The summed E-state index contributed by atoms with van der Waals surface area (Å²) in [6.07, 6.45) is 2.88. The predicted molar refractivity (Wildman–Crippen MR) is 143 cm³/mol. The lowest BCUT2D eigenvalue weighted by Gasteiger charge is -2.29. The molecule has 1 aliphatic rings. The number of rotatable bonds is 12. The Labute approximate surface area is 222 Å². The Bertz CT molecular complexity index is 1240. The SMILES string of the molecule is CCCCOc1cc(C2COC(=O)C(Cc3ccc(OCc4ccccc4)c([N+](=O)[O-])c3)C2)ccc1OC. The molecule has 3 aromatic carbocycles. The van der Waals surface area contributed by atoms with Gasteiger partial charge >= 0.3 is 11.7 Å². The molecule has 0 aromatic heterocycles. The number of nitrogens with zero attached hydrogens (tertiary/aromatic N) is 1. The third kappa shape index (κ3) is 6.82. The summed E-state index contributed by atoms with van der Waals surface area (Å²) in [6.45, 7) is 3.21. The van der Waals surface area contributed by atoms with E-state index in [1.807, 2.05) is 48.5 Å². The Morgan fingerprint density at radius 2 is 1.76 bits per heavy atom. The molecule has 38 heavy (non-hydrogen) atoms. The number of carbonyl (C=O) groups excluding carboxylic acids is 1. The summed E-state index contributed by atoms with van der Waals surface area (Å²) in [6, 6.07) is 20.1. The normalized spacial score (nSPS) is 16.9. The first-order valence-corrected chi connectivity index (χ1v) is 12.9. The Morgan fingerprint density at radius 3 is 2.50 bits per heavy atom. The van der Waals surface area contributed by atoms with Crippen LogP contribution in [0.15, 0.2) is 66.7 Å². The summed E-state index contributed by atoms with van der Waals surface area (Å²) in [5, 5.41) is 11.8. The number of methoxy groups -OCH3 is 1. The van der Waals surface area contributed by atoms with Gasteiger partial charge in [0.15, 0.2) is 17.2 Å². The number of nitro groups is 1. The average molecular weight is 520 g/mol. The van der Waals surface area contributed by atoms with Crippen LogP contribution in [0.25, 0.3) is 0 Å². The Balaban J connectivity index is 1.47. The van der Waals surface area contributed by atoms with Gasteiger partial charge in [-0.15, -0.1) is 0 Å². The molecule has 1 heterocycles. The lowest BCUT2D eigenvalue weighted by molar-refractivity contribution is -0.386. The van der Waals surface area contributed by atoms with E-state index in [0.717, 1.165) is 24.0 Å². The maximum atomic E-state index is 12.6. The van der Waals surface area contributed by atoms with Gasteiger partial charge in [0.05, 0.1) is 31.2 Å². The van der Waals surface area contributed by atoms with E-state index in [9.17, 15) is 14.9 Å². The maximum Gasteiger partial charge on any atom is 0.311 e. The van der Waals surface area contributed by atoms with Crippen molar-refractivity contribution in [2.24, 2.45) is 5.92 Å². The molecule has 0 aliphatic carbocycles. The van der Waals surface area contributed by atoms with Gasteiger partial charge < -0.3 is 18.9 Å². The lowest BCUT2D eigenvalue weighted by atomic mass is 9.84. The molecule has 0 spiro atoms. The summed E-state index contributed by atoms with van der Waals surface area (Å²) in [4.78, 5) is 24.0. The van der Waals surface area contributed by atoms with Crippen molar-refractivity contribution >= 4 is 11.7 Å². The molecule has 8 heteroatoms. The van der Waals surface area contributed by atoms with Gasteiger partial charge in [-0.1, -0.05) is 55.8 Å². The summed E-state index contributed by atoms with van der Waals surface area (Å²) < 4.78 is 22.7. The molecule has 1 fully saturated rings. The van der Waals surface area contributed by atoms with E-state index >= 15 is 0 Å². The smallest absolute Gasteiger partial charge is 0.311 e. The fourth-order valence-corrected chi connectivity index (χ4v) is 4.57. The minimum atomic E-state index is -0.455. The van der Waals surface area contributed by atoms with Crippen LogP contribution in [0.1, 0.15) is 48.8 Å². The molecular weight excluding hydrogens is 486 g/mol. The van der Waals surface area contributed by atoms with Crippen LogP contribution < -0.4 is 14.2 Å². The monoisotopic (exact) mass is 519 g/mol. The molecule has 1 aliphatic heterocycles. The van der Waals surface area contributed by atoms with Crippen molar-refractivity contribution in [1.29, 1.82) is 0 Å². The first kappa shape index (κ1) is 27.0. The first-order chi connectivity index (χ1) is 18.5. The molecule has 0 radical (unpaired) electrons. The highest BCUT2D eigenvalue weighted by atomic mass is 16.6. The molecule has 8 nitrogen and oxygen atoms in total. The number of benzene rings is 3. The van der Waals surface area contributed by atoms with Crippen LogP contribution in [0.2, 0.25) is 0 Å². The van der Waals surface area contributed by atoms with Crippen molar-refractivity contribution in [3.8, 4) is 17.2 Å². The van der Waals surface area contributed by atoms with E-state index in [4.69, 9.17) is 18.9 Å². The van der Waals surface area contributed by atoms with Crippen LogP contribution in [-0.2, 0) is 22.6 Å². The molecule has 0 bridgehead atoms. The highest BCUT2D eigenvalue weighted by molar-refractivity contribution is 5.74. The maximum absolute atomic E-state index is 12.6. The van der Waals surface area contributed by atoms with E-state index in [-0.39, 0.29) is 36.5 Å². The van der Waals surface area contributed by atoms with Crippen LogP contribution in [0.4, 0.5) is 5.69 Å². The molecular formula is C30H33NO7. The molecule has 2 atom stereocenters. The van der Waals surface area contributed by atoms with Gasteiger partial charge in [0, 0.05) is 12.0 Å². The van der Waals surface area contributed by atoms with Crippen LogP contribution >= 0.6 is 0 Å².